The molecule has 0 amide bonds. The van der Waals surface area contributed by atoms with Crippen molar-refractivity contribution in [3.8, 4) is 11.4 Å². The molecule has 0 unspecified atom stereocenters. The first-order valence-corrected chi connectivity index (χ1v) is 9.39. The van der Waals surface area contributed by atoms with Gasteiger partial charge in [-0.25, -0.2) is 13.6 Å². The molecule has 5 aromatic rings. The van der Waals surface area contributed by atoms with Gasteiger partial charge in [-0.05, 0) is 42.0 Å². The fourth-order valence-corrected chi connectivity index (χ4v) is 3.81. The second kappa shape index (κ2) is 6.67. The lowest BCUT2D eigenvalue weighted by atomic mass is 10.2. The summed E-state index contributed by atoms with van der Waals surface area (Å²) in [5.74, 6) is 0.378. The van der Waals surface area contributed by atoms with Crippen molar-refractivity contribution in [1.82, 2.24) is 28.7 Å². The van der Waals surface area contributed by atoms with Crippen LogP contribution >= 0.6 is 11.6 Å². The second-order valence-corrected chi connectivity index (χ2v) is 7.31. The zero-order valence-electron chi connectivity index (χ0n) is 15.6. The van der Waals surface area contributed by atoms with Crippen molar-refractivity contribution in [3.05, 3.63) is 85.8 Å². The normalized spacial score (nSPS) is 11.6. The minimum Gasteiger partial charge on any atom is -0.298 e. The predicted molar refractivity (Wildman–Crippen MR) is 110 cm³/mol. The smallest absolute Gasteiger partial charge is 0.298 e. The summed E-state index contributed by atoms with van der Waals surface area (Å²) >= 11 is 6.11. The van der Waals surface area contributed by atoms with E-state index in [0.717, 1.165) is 5.56 Å². The highest BCUT2D eigenvalue weighted by Gasteiger charge is 2.23. The number of aromatic amines is 1. The number of halogens is 2. The van der Waals surface area contributed by atoms with Crippen LogP contribution in [0.3, 0.4) is 0 Å². The summed E-state index contributed by atoms with van der Waals surface area (Å²) in [6, 6.07) is 13.0. The summed E-state index contributed by atoms with van der Waals surface area (Å²) in [4.78, 5) is 27.4. The minimum atomic E-state index is -0.562. The van der Waals surface area contributed by atoms with Gasteiger partial charge in [-0.2, -0.15) is 0 Å². The first-order valence-electron chi connectivity index (χ1n) is 9.01. The van der Waals surface area contributed by atoms with Crippen molar-refractivity contribution >= 4 is 28.5 Å². The van der Waals surface area contributed by atoms with Gasteiger partial charge >= 0.3 is 5.69 Å². The molecular formula is C20H14ClFN6O2. The Morgan fingerprint density at radius 3 is 2.60 bits per heavy atom. The number of benzene rings is 2. The van der Waals surface area contributed by atoms with E-state index in [4.69, 9.17) is 11.6 Å². The van der Waals surface area contributed by atoms with Gasteiger partial charge in [0.15, 0.2) is 17.0 Å². The largest absolute Gasteiger partial charge is 0.329 e. The lowest BCUT2D eigenvalue weighted by Crippen LogP contribution is -2.29. The summed E-state index contributed by atoms with van der Waals surface area (Å²) in [5, 5.41) is 9.07. The van der Waals surface area contributed by atoms with Gasteiger partial charge in [0.1, 0.15) is 5.82 Å². The van der Waals surface area contributed by atoms with E-state index in [1.165, 1.54) is 16.7 Å². The van der Waals surface area contributed by atoms with Crippen LogP contribution in [0.4, 0.5) is 4.39 Å². The molecule has 3 heterocycles. The van der Waals surface area contributed by atoms with Crippen LogP contribution in [0.2, 0.25) is 5.02 Å². The summed E-state index contributed by atoms with van der Waals surface area (Å²) in [6.45, 7) is 0.288. The number of imidazole rings is 1. The van der Waals surface area contributed by atoms with Crippen molar-refractivity contribution in [1.29, 1.82) is 0 Å². The topological polar surface area (TPSA) is 90.0 Å². The average Bonchev–Trinajstić information content (AvgIpc) is 3.26. The third-order valence-electron chi connectivity index (χ3n) is 4.97. The highest BCUT2D eigenvalue weighted by Crippen LogP contribution is 2.25. The first-order chi connectivity index (χ1) is 14.4. The van der Waals surface area contributed by atoms with Crippen LogP contribution in [0, 0.1) is 5.82 Å². The second-order valence-electron chi connectivity index (χ2n) is 6.87. The molecule has 3 aromatic heterocycles. The van der Waals surface area contributed by atoms with Crippen LogP contribution in [0.1, 0.15) is 5.56 Å². The number of aryl methyl sites for hydroxylation is 1. The van der Waals surface area contributed by atoms with Gasteiger partial charge in [-0.3, -0.25) is 18.9 Å². The van der Waals surface area contributed by atoms with Gasteiger partial charge < -0.3 is 0 Å². The molecule has 8 nitrogen and oxygen atoms in total. The van der Waals surface area contributed by atoms with E-state index < -0.39 is 11.2 Å². The Morgan fingerprint density at radius 2 is 1.87 bits per heavy atom. The van der Waals surface area contributed by atoms with Crippen LogP contribution < -0.4 is 11.2 Å². The third-order valence-corrected chi connectivity index (χ3v) is 5.21. The number of rotatable bonds is 3. The van der Waals surface area contributed by atoms with E-state index >= 15 is 0 Å². The van der Waals surface area contributed by atoms with E-state index in [9.17, 15) is 14.0 Å². The molecule has 5 rings (SSSR count). The Kier molecular flexibility index (Phi) is 4.07. The average molecular weight is 425 g/mol. The summed E-state index contributed by atoms with van der Waals surface area (Å²) in [5.41, 5.74) is 0.953. The van der Waals surface area contributed by atoms with Gasteiger partial charge in [-0.15, -0.1) is 10.2 Å². The van der Waals surface area contributed by atoms with Crippen molar-refractivity contribution in [3.63, 3.8) is 0 Å². The molecule has 150 valence electrons. The molecule has 0 spiro atoms. The molecular weight excluding hydrogens is 411 g/mol. The quantitative estimate of drug-likeness (QED) is 0.482. The van der Waals surface area contributed by atoms with Crippen LogP contribution in [0.5, 0.6) is 0 Å². The van der Waals surface area contributed by atoms with E-state index in [-0.39, 0.29) is 17.9 Å². The molecule has 2 aromatic carbocycles. The monoisotopic (exact) mass is 424 g/mol. The number of H-pyrrole nitrogens is 1. The molecule has 0 saturated carbocycles. The maximum Gasteiger partial charge on any atom is 0.329 e. The molecule has 0 radical (unpaired) electrons. The molecule has 0 bridgehead atoms. The van der Waals surface area contributed by atoms with Gasteiger partial charge in [0.25, 0.3) is 5.56 Å². The SMILES string of the molecule is Cn1c(=O)[nH]c(=O)c2c1n1c(-c3ccc(F)cc3)nnc1n2Cc1cccc(Cl)c1. The zero-order valence-corrected chi connectivity index (χ0v) is 16.4. The highest BCUT2D eigenvalue weighted by molar-refractivity contribution is 6.30. The Bertz CT molecular complexity index is 1540. The number of nitrogens with zero attached hydrogens (tertiary/aromatic N) is 5. The molecule has 1 N–H and O–H groups in total. The Balaban J connectivity index is 1.88. The van der Waals surface area contributed by atoms with E-state index in [1.807, 2.05) is 12.1 Å². The molecule has 0 fully saturated rings. The van der Waals surface area contributed by atoms with Crippen molar-refractivity contribution in [2.45, 2.75) is 6.54 Å². The van der Waals surface area contributed by atoms with Crippen molar-refractivity contribution in [2.24, 2.45) is 7.05 Å². The predicted octanol–water partition coefficient (Wildman–Crippen LogP) is 2.58. The van der Waals surface area contributed by atoms with Crippen LogP contribution in [0.15, 0.2) is 58.1 Å². The number of nitrogens with one attached hydrogen (secondary N) is 1. The summed E-state index contributed by atoms with van der Waals surface area (Å²) < 4.78 is 18.0. The van der Waals surface area contributed by atoms with Crippen LogP contribution in [-0.2, 0) is 13.6 Å². The lowest BCUT2D eigenvalue weighted by Gasteiger charge is -2.05. The zero-order chi connectivity index (χ0) is 21.0. The number of hydrogen-bond donors (Lipinski definition) is 1. The Morgan fingerprint density at radius 1 is 1.10 bits per heavy atom. The molecule has 10 heteroatoms. The van der Waals surface area contributed by atoms with Gasteiger partial charge in [-0.1, -0.05) is 23.7 Å². The molecule has 30 heavy (non-hydrogen) atoms. The van der Waals surface area contributed by atoms with Gasteiger partial charge in [0.2, 0.25) is 5.78 Å². The Labute approximate surface area is 172 Å². The first kappa shape index (κ1) is 18.3. The van der Waals surface area contributed by atoms with Crippen LogP contribution in [0.25, 0.3) is 28.3 Å². The van der Waals surface area contributed by atoms with E-state index in [2.05, 4.69) is 15.2 Å². The highest BCUT2D eigenvalue weighted by atomic mass is 35.5. The van der Waals surface area contributed by atoms with Gasteiger partial charge in [0, 0.05) is 17.6 Å². The lowest BCUT2D eigenvalue weighted by molar-refractivity contribution is 0.628. The fraction of sp³-hybridized carbons (Fsp3) is 0.100. The Hall–Kier alpha value is -3.72. The van der Waals surface area contributed by atoms with E-state index in [0.29, 0.717) is 27.8 Å². The number of aromatic nitrogens is 6. The maximum absolute atomic E-state index is 13.4. The van der Waals surface area contributed by atoms with Gasteiger partial charge in [0.05, 0.1) is 6.54 Å². The van der Waals surface area contributed by atoms with Crippen molar-refractivity contribution in [2.75, 3.05) is 0 Å². The van der Waals surface area contributed by atoms with Crippen molar-refractivity contribution < 1.29 is 4.39 Å². The molecule has 0 aliphatic rings. The summed E-state index contributed by atoms with van der Waals surface area (Å²) in [7, 11) is 1.55. The van der Waals surface area contributed by atoms with Crippen LogP contribution in [-0.4, -0.2) is 28.7 Å². The minimum absolute atomic E-state index is 0.269. The van der Waals surface area contributed by atoms with E-state index in [1.54, 1.807) is 40.3 Å². The molecule has 0 saturated heterocycles. The summed E-state index contributed by atoms with van der Waals surface area (Å²) in [6.07, 6.45) is 0. The third kappa shape index (κ3) is 2.74. The standard InChI is InChI=1S/C20H14ClFN6O2/c1-26-18-15(17(29)23-20(26)30)27(10-11-3-2-4-13(21)9-11)19-25-24-16(28(18)19)12-5-7-14(22)8-6-12/h2-9H,10H2,1H3,(H,23,29,30). The fourth-order valence-electron chi connectivity index (χ4n) is 3.60. The number of hydrogen-bond acceptors (Lipinski definition) is 4. The maximum atomic E-state index is 13.4. The molecule has 0 atom stereocenters. The molecule has 0 aliphatic carbocycles. The molecule has 0 aliphatic heterocycles. The number of fused-ring (bicyclic) bond motifs is 3.